The van der Waals surface area contributed by atoms with Gasteiger partial charge >= 0.3 is 0 Å². The molecule has 0 aromatic heterocycles. The molecular formula is C10H13Br2NO. The molecule has 0 fully saturated rings. The van der Waals surface area contributed by atoms with Gasteiger partial charge in [-0.1, -0.05) is 46.3 Å². The molecule has 0 heterocycles. The van der Waals surface area contributed by atoms with Crippen LogP contribution in [0.3, 0.4) is 0 Å². The molecule has 0 spiro atoms. The van der Waals surface area contributed by atoms with E-state index in [9.17, 15) is 4.79 Å². The molecule has 0 bridgehead atoms. The Labute approximate surface area is 103 Å². The van der Waals surface area contributed by atoms with Gasteiger partial charge in [0.2, 0.25) is 0 Å². The van der Waals surface area contributed by atoms with Crippen LogP contribution < -0.4 is 5.73 Å². The molecule has 0 aliphatic rings. The zero-order chi connectivity index (χ0) is 9.68. The second-order valence-corrected chi connectivity index (χ2v) is 3.46. The predicted molar refractivity (Wildman–Crippen MR) is 67.2 cm³/mol. The first-order chi connectivity index (χ1) is 6.24. The van der Waals surface area contributed by atoms with Crippen LogP contribution in [-0.4, -0.2) is 17.2 Å². The van der Waals surface area contributed by atoms with E-state index in [0.717, 1.165) is 5.56 Å². The smallest absolute Gasteiger partial charge is 0.160 e. The van der Waals surface area contributed by atoms with E-state index in [1.54, 1.807) is 0 Å². The van der Waals surface area contributed by atoms with Crippen molar-refractivity contribution in [3.8, 4) is 0 Å². The van der Waals surface area contributed by atoms with Crippen LogP contribution in [-0.2, 0) is 11.2 Å². The van der Waals surface area contributed by atoms with E-state index in [1.807, 2.05) is 30.3 Å². The summed E-state index contributed by atoms with van der Waals surface area (Å²) in [4.78, 5) is 11.1. The van der Waals surface area contributed by atoms with Gasteiger partial charge in [-0.15, -0.1) is 17.0 Å². The molecule has 1 rings (SSSR count). The van der Waals surface area contributed by atoms with Crippen molar-refractivity contribution in [2.24, 2.45) is 5.73 Å². The second-order valence-electron chi connectivity index (χ2n) is 2.90. The van der Waals surface area contributed by atoms with Crippen LogP contribution in [0.2, 0.25) is 0 Å². The van der Waals surface area contributed by atoms with Crippen LogP contribution >= 0.6 is 32.9 Å². The molecule has 1 aromatic rings. The van der Waals surface area contributed by atoms with Crippen molar-refractivity contribution in [1.29, 1.82) is 0 Å². The first-order valence-electron chi connectivity index (χ1n) is 4.12. The van der Waals surface area contributed by atoms with E-state index in [-0.39, 0.29) is 28.8 Å². The number of rotatable bonds is 4. The summed E-state index contributed by atoms with van der Waals surface area (Å²) in [5.74, 6) is 0.0452. The van der Waals surface area contributed by atoms with E-state index >= 15 is 0 Å². The molecule has 1 aromatic carbocycles. The predicted octanol–water partition coefficient (Wildman–Crippen LogP) is 2.10. The summed E-state index contributed by atoms with van der Waals surface area (Å²) in [6, 6.07) is 9.40. The van der Waals surface area contributed by atoms with Crippen LogP contribution in [0.25, 0.3) is 0 Å². The van der Waals surface area contributed by atoms with Crippen molar-refractivity contribution in [2.75, 3.05) is 5.33 Å². The maximum Gasteiger partial charge on any atom is 0.160 e. The second kappa shape index (κ2) is 7.15. The molecule has 0 amide bonds. The molecule has 14 heavy (non-hydrogen) atoms. The molecule has 4 heteroatoms. The van der Waals surface area contributed by atoms with Crippen LogP contribution in [0.5, 0.6) is 0 Å². The van der Waals surface area contributed by atoms with E-state index < -0.39 is 0 Å². The number of nitrogens with two attached hydrogens (primary N) is 1. The number of Topliss-reactive ketones (excluding diaryl/α,β-unsaturated/α-hetero) is 1. The monoisotopic (exact) mass is 321 g/mol. The fourth-order valence-corrected chi connectivity index (χ4v) is 1.50. The number of hydrogen-bond donors (Lipinski definition) is 1. The van der Waals surface area contributed by atoms with Crippen molar-refractivity contribution in [3.05, 3.63) is 35.9 Å². The number of carbonyl (C=O) groups excluding carboxylic acids is 1. The molecule has 2 N–H and O–H groups in total. The Morgan fingerprint density at radius 3 is 2.43 bits per heavy atom. The minimum absolute atomic E-state index is 0. The highest BCUT2D eigenvalue weighted by atomic mass is 79.9. The van der Waals surface area contributed by atoms with Crippen molar-refractivity contribution < 1.29 is 4.79 Å². The lowest BCUT2D eigenvalue weighted by Gasteiger charge is -2.07. The van der Waals surface area contributed by atoms with Gasteiger partial charge in [0.15, 0.2) is 5.78 Å². The zero-order valence-corrected chi connectivity index (χ0v) is 10.9. The Hall–Kier alpha value is -0.190. The highest BCUT2D eigenvalue weighted by molar-refractivity contribution is 9.09. The quantitative estimate of drug-likeness (QED) is 0.863. The van der Waals surface area contributed by atoms with Gasteiger partial charge in [0.25, 0.3) is 0 Å². The summed E-state index contributed by atoms with van der Waals surface area (Å²) >= 11 is 3.10. The highest BCUT2D eigenvalue weighted by Gasteiger charge is 2.11. The fraction of sp³-hybridized carbons (Fsp3) is 0.300. The van der Waals surface area contributed by atoms with Crippen LogP contribution in [0.1, 0.15) is 5.56 Å². The summed E-state index contributed by atoms with van der Waals surface area (Å²) in [7, 11) is 0. The minimum atomic E-state index is -0.387. The lowest BCUT2D eigenvalue weighted by molar-refractivity contribution is -0.117. The standard InChI is InChI=1S/C10H12BrNO.BrH/c11-7-10(13)9(12)6-8-4-2-1-3-5-8;/h1-5,9H,6-7,12H2;1H. The minimum Gasteiger partial charge on any atom is -0.321 e. The highest BCUT2D eigenvalue weighted by Crippen LogP contribution is 2.03. The molecule has 78 valence electrons. The van der Waals surface area contributed by atoms with Crippen LogP contribution in [0.4, 0.5) is 0 Å². The Bertz CT molecular complexity index is 277. The summed E-state index contributed by atoms with van der Waals surface area (Å²) in [6.07, 6.45) is 0.616. The Kier molecular flexibility index (Phi) is 7.05. The zero-order valence-electron chi connectivity index (χ0n) is 7.65. The molecule has 1 atom stereocenters. The van der Waals surface area contributed by atoms with Crippen molar-refractivity contribution in [1.82, 2.24) is 0 Å². The molecule has 0 radical (unpaired) electrons. The summed E-state index contributed by atoms with van der Waals surface area (Å²) < 4.78 is 0. The third-order valence-electron chi connectivity index (χ3n) is 1.84. The first-order valence-corrected chi connectivity index (χ1v) is 5.24. The van der Waals surface area contributed by atoms with Crippen LogP contribution in [0.15, 0.2) is 30.3 Å². The molecule has 1 unspecified atom stereocenters. The van der Waals surface area contributed by atoms with Crippen LogP contribution in [0, 0.1) is 0 Å². The largest absolute Gasteiger partial charge is 0.321 e. The van der Waals surface area contributed by atoms with Crippen molar-refractivity contribution in [2.45, 2.75) is 12.5 Å². The number of benzene rings is 1. The molecular weight excluding hydrogens is 310 g/mol. The SMILES string of the molecule is Br.NC(Cc1ccccc1)C(=O)CBr. The maximum absolute atomic E-state index is 11.1. The average Bonchev–Trinajstić information content (AvgIpc) is 2.18. The van der Waals surface area contributed by atoms with Gasteiger partial charge in [-0.05, 0) is 12.0 Å². The summed E-state index contributed by atoms with van der Waals surface area (Å²) in [6.45, 7) is 0. The molecule has 2 nitrogen and oxygen atoms in total. The Balaban J connectivity index is 0.00000169. The number of halogens is 2. The van der Waals surface area contributed by atoms with Gasteiger partial charge < -0.3 is 5.73 Å². The van der Waals surface area contributed by atoms with Gasteiger partial charge in [-0.2, -0.15) is 0 Å². The van der Waals surface area contributed by atoms with Crippen molar-refractivity contribution in [3.63, 3.8) is 0 Å². The van der Waals surface area contributed by atoms with Gasteiger partial charge in [0.1, 0.15) is 0 Å². The number of ketones is 1. The van der Waals surface area contributed by atoms with Gasteiger partial charge in [0.05, 0.1) is 11.4 Å². The fourth-order valence-electron chi connectivity index (χ4n) is 1.08. The van der Waals surface area contributed by atoms with E-state index in [1.165, 1.54) is 0 Å². The number of hydrogen-bond acceptors (Lipinski definition) is 2. The Morgan fingerprint density at radius 1 is 1.36 bits per heavy atom. The van der Waals surface area contributed by atoms with E-state index in [2.05, 4.69) is 15.9 Å². The Morgan fingerprint density at radius 2 is 1.93 bits per heavy atom. The van der Waals surface area contributed by atoms with Gasteiger partial charge in [-0.25, -0.2) is 0 Å². The number of carbonyl (C=O) groups is 1. The summed E-state index contributed by atoms with van der Waals surface area (Å²) in [5.41, 5.74) is 6.78. The maximum atomic E-state index is 11.1. The summed E-state index contributed by atoms with van der Waals surface area (Å²) in [5, 5.41) is 0.334. The molecule has 0 saturated heterocycles. The molecule has 0 aliphatic heterocycles. The topological polar surface area (TPSA) is 43.1 Å². The average molecular weight is 323 g/mol. The molecule has 0 aliphatic carbocycles. The lowest BCUT2D eigenvalue weighted by Crippen LogP contribution is -2.33. The first kappa shape index (κ1) is 13.8. The normalized spacial score (nSPS) is 11.6. The lowest BCUT2D eigenvalue weighted by atomic mass is 10.0. The third kappa shape index (κ3) is 4.35. The van der Waals surface area contributed by atoms with Gasteiger partial charge in [-0.3, -0.25) is 4.79 Å². The van der Waals surface area contributed by atoms with Gasteiger partial charge in [0, 0.05) is 0 Å². The third-order valence-corrected chi connectivity index (χ3v) is 2.40. The van der Waals surface area contributed by atoms with E-state index in [4.69, 9.17) is 5.73 Å². The number of alkyl halides is 1. The molecule has 0 saturated carbocycles. The van der Waals surface area contributed by atoms with Crippen molar-refractivity contribution >= 4 is 38.7 Å². The van der Waals surface area contributed by atoms with E-state index in [0.29, 0.717) is 11.8 Å².